The standard InChI is InChI=1S/C40H74NO7P/c1-3-5-7-9-11-13-15-17-19-20-21-23-25-27-29-31-33-40(42)48-39(38-47-49(43,44)46-36-34-41)37-45-35-32-30-28-26-24-22-18-16-14-12-10-8-6-4-2/h6,8,12,14,18,22,26,28,39H,3-5,7,9-11,13,15-17,19-21,23-25,27,29-38,41H2,1-2H3,(H,43,44)/b8-6-,14-12-,22-18-,28-26-. The smallest absolute Gasteiger partial charge is 0.457 e. The number of carbonyl (C=O) groups is 1. The second-order valence-corrected chi connectivity index (χ2v) is 14.2. The summed E-state index contributed by atoms with van der Waals surface area (Å²) >= 11 is 0. The zero-order valence-electron chi connectivity index (χ0n) is 31.4. The van der Waals surface area contributed by atoms with Gasteiger partial charge in [0, 0.05) is 19.6 Å². The molecule has 0 aromatic rings. The number of phosphoric ester groups is 1. The van der Waals surface area contributed by atoms with Crippen molar-refractivity contribution in [1.82, 2.24) is 0 Å². The lowest BCUT2D eigenvalue weighted by atomic mass is 10.0. The molecule has 9 heteroatoms. The lowest BCUT2D eigenvalue weighted by Crippen LogP contribution is -2.28. The first-order valence-corrected chi connectivity index (χ1v) is 21.1. The van der Waals surface area contributed by atoms with Crippen molar-refractivity contribution < 1.29 is 32.8 Å². The normalized spacial score (nSPS) is 14.1. The van der Waals surface area contributed by atoms with Gasteiger partial charge >= 0.3 is 13.8 Å². The van der Waals surface area contributed by atoms with E-state index in [0.29, 0.717) is 13.0 Å². The molecule has 0 aromatic heterocycles. The van der Waals surface area contributed by atoms with Crippen LogP contribution in [-0.2, 0) is 27.9 Å². The Morgan fingerprint density at radius 3 is 1.63 bits per heavy atom. The van der Waals surface area contributed by atoms with Gasteiger partial charge in [-0.25, -0.2) is 4.57 Å². The van der Waals surface area contributed by atoms with E-state index in [2.05, 4.69) is 62.5 Å². The molecule has 0 radical (unpaired) electrons. The molecule has 0 heterocycles. The third-order valence-electron chi connectivity index (χ3n) is 8.01. The number of carbonyl (C=O) groups excluding carboxylic acids is 1. The number of unbranched alkanes of at least 4 members (excludes halogenated alkanes) is 16. The second kappa shape index (κ2) is 37.7. The van der Waals surface area contributed by atoms with Crippen molar-refractivity contribution in [3.63, 3.8) is 0 Å². The summed E-state index contributed by atoms with van der Waals surface area (Å²) in [6, 6.07) is 0. The highest BCUT2D eigenvalue weighted by atomic mass is 31.2. The molecule has 0 saturated carbocycles. The summed E-state index contributed by atoms with van der Waals surface area (Å²) in [6.45, 7) is 4.65. The minimum atomic E-state index is -4.29. The number of phosphoric acid groups is 1. The Kier molecular flexibility index (Phi) is 36.5. The fourth-order valence-electron chi connectivity index (χ4n) is 5.18. The van der Waals surface area contributed by atoms with E-state index >= 15 is 0 Å². The zero-order valence-corrected chi connectivity index (χ0v) is 32.3. The Morgan fingerprint density at radius 1 is 0.633 bits per heavy atom. The fraction of sp³-hybridized carbons (Fsp3) is 0.775. The molecule has 2 unspecified atom stereocenters. The highest BCUT2D eigenvalue weighted by molar-refractivity contribution is 7.47. The summed E-state index contributed by atoms with van der Waals surface area (Å²) in [7, 11) is -4.29. The summed E-state index contributed by atoms with van der Waals surface area (Å²) < 4.78 is 33.2. The minimum Gasteiger partial charge on any atom is -0.457 e. The maximum atomic E-state index is 12.5. The Morgan fingerprint density at radius 2 is 1.12 bits per heavy atom. The molecule has 0 aromatic carbocycles. The van der Waals surface area contributed by atoms with E-state index in [1.54, 1.807) is 0 Å². The van der Waals surface area contributed by atoms with Gasteiger partial charge in [0.1, 0.15) is 6.10 Å². The second-order valence-electron chi connectivity index (χ2n) is 12.8. The molecular formula is C40H74NO7P. The molecule has 286 valence electrons. The maximum Gasteiger partial charge on any atom is 0.472 e. The molecule has 0 aliphatic carbocycles. The molecule has 0 fully saturated rings. The average molecular weight is 712 g/mol. The molecule has 0 spiro atoms. The van der Waals surface area contributed by atoms with Crippen LogP contribution < -0.4 is 5.73 Å². The summed E-state index contributed by atoms with van der Waals surface area (Å²) in [6.07, 6.45) is 42.8. The lowest BCUT2D eigenvalue weighted by Gasteiger charge is -2.20. The van der Waals surface area contributed by atoms with Crippen molar-refractivity contribution >= 4 is 13.8 Å². The van der Waals surface area contributed by atoms with Crippen LogP contribution in [-0.4, -0.2) is 49.9 Å². The van der Waals surface area contributed by atoms with Crippen molar-refractivity contribution in [3.8, 4) is 0 Å². The van der Waals surface area contributed by atoms with Crippen molar-refractivity contribution in [2.75, 3.05) is 33.0 Å². The van der Waals surface area contributed by atoms with E-state index in [-0.39, 0.29) is 32.3 Å². The average Bonchev–Trinajstić information content (AvgIpc) is 3.09. The van der Waals surface area contributed by atoms with Crippen LogP contribution in [0.5, 0.6) is 0 Å². The Hall–Kier alpha value is -1.54. The third kappa shape index (κ3) is 37.5. The highest BCUT2D eigenvalue weighted by Gasteiger charge is 2.25. The Balaban J connectivity index is 4.14. The van der Waals surface area contributed by atoms with Crippen LogP contribution in [0.2, 0.25) is 0 Å². The number of nitrogens with two attached hydrogens (primary N) is 1. The van der Waals surface area contributed by atoms with E-state index < -0.39 is 13.9 Å². The number of rotatable bonds is 37. The van der Waals surface area contributed by atoms with Gasteiger partial charge in [0.2, 0.25) is 0 Å². The van der Waals surface area contributed by atoms with Crippen LogP contribution in [0.15, 0.2) is 48.6 Å². The number of esters is 1. The fourth-order valence-corrected chi connectivity index (χ4v) is 5.94. The largest absolute Gasteiger partial charge is 0.472 e. The molecule has 0 rings (SSSR count). The van der Waals surface area contributed by atoms with E-state index in [9.17, 15) is 14.3 Å². The number of hydrogen-bond acceptors (Lipinski definition) is 7. The first-order valence-electron chi connectivity index (χ1n) is 19.6. The van der Waals surface area contributed by atoms with Gasteiger partial charge in [-0.2, -0.15) is 0 Å². The summed E-state index contributed by atoms with van der Waals surface area (Å²) in [4.78, 5) is 22.4. The first kappa shape index (κ1) is 47.5. The van der Waals surface area contributed by atoms with Crippen molar-refractivity contribution in [2.45, 2.75) is 168 Å². The zero-order chi connectivity index (χ0) is 35.9. The topological polar surface area (TPSA) is 117 Å². The van der Waals surface area contributed by atoms with Crippen LogP contribution in [0.25, 0.3) is 0 Å². The molecule has 2 atom stereocenters. The molecule has 3 N–H and O–H groups in total. The van der Waals surface area contributed by atoms with Crippen LogP contribution >= 0.6 is 7.82 Å². The molecular weight excluding hydrogens is 637 g/mol. The highest BCUT2D eigenvalue weighted by Crippen LogP contribution is 2.43. The lowest BCUT2D eigenvalue weighted by molar-refractivity contribution is -0.154. The summed E-state index contributed by atoms with van der Waals surface area (Å²) in [5, 5.41) is 0. The van der Waals surface area contributed by atoms with E-state index in [1.165, 1.54) is 83.5 Å². The molecule has 0 bridgehead atoms. The SMILES string of the molecule is CC/C=C\C/C=C\C/C=C\C/C=C\CCCOCC(COP(=O)(O)OCCN)OC(=O)CCCCCCCCCCCCCCCCCC. The van der Waals surface area contributed by atoms with Gasteiger partial charge in [-0.05, 0) is 44.9 Å². The van der Waals surface area contributed by atoms with Gasteiger partial charge in [0.25, 0.3) is 0 Å². The van der Waals surface area contributed by atoms with E-state index in [0.717, 1.165) is 57.8 Å². The monoisotopic (exact) mass is 712 g/mol. The van der Waals surface area contributed by atoms with Crippen molar-refractivity contribution in [3.05, 3.63) is 48.6 Å². The van der Waals surface area contributed by atoms with Crippen LogP contribution in [0.4, 0.5) is 0 Å². The summed E-state index contributed by atoms with van der Waals surface area (Å²) in [5.74, 6) is -0.349. The number of ether oxygens (including phenoxy) is 2. The number of hydrogen-bond donors (Lipinski definition) is 2. The van der Waals surface area contributed by atoms with Gasteiger partial charge in [-0.15, -0.1) is 0 Å². The number of allylic oxidation sites excluding steroid dienone is 8. The maximum absolute atomic E-state index is 12.5. The van der Waals surface area contributed by atoms with Crippen molar-refractivity contribution in [1.29, 1.82) is 0 Å². The van der Waals surface area contributed by atoms with E-state index in [1.807, 2.05) is 0 Å². The molecule has 0 aliphatic rings. The molecule has 8 nitrogen and oxygen atoms in total. The van der Waals surface area contributed by atoms with Gasteiger partial charge in [-0.3, -0.25) is 13.8 Å². The minimum absolute atomic E-state index is 0.0792. The third-order valence-corrected chi connectivity index (χ3v) is 8.99. The summed E-state index contributed by atoms with van der Waals surface area (Å²) in [5.41, 5.74) is 5.35. The first-order chi connectivity index (χ1) is 23.9. The molecule has 0 amide bonds. The Bertz CT molecular complexity index is 890. The van der Waals surface area contributed by atoms with Crippen molar-refractivity contribution in [2.24, 2.45) is 5.73 Å². The van der Waals surface area contributed by atoms with E-state index in [4.69, 9.17) is 24.3 Å². The van der Waals surface area contributed by atoms with Crippen LogP contribution in [0.3, 0.4) is 0 Å². The molecule has 49 heavy (non-hydrogen) atoms. The molecule has 0 aliphatic heterocycles. The van der Waals surface area contributed by atoms with Gasteiger partial charge < -0.3 is 20.1 Å². The predicted octanol–water partition coefficient (Wildman–Crippen LogP) is 11.2. The molecule has 0 saturated heterocycles. The van der Waals surface area contributed by atoms with Crippen LogP contribution in [0, 0.1) is 0 Å². The Labute approximate surface area is 301 Å². The van der Waals surface area contributed by atoms with Gasteiger partial charge in [0.15, 0.2) is 0 Å². The predicted molar refractivity (Wildman–Crippen MR) is 206 cm³/mol. The van der Waals surface area contributed by atoms with Crippen LogP contribution in [0.1, 0.15) is 162 Å². The van der Waals surface area contributed by atoms with Gasteiger partial charge in [-0.1, -0.05) is 159 Å². The van der Waals surface area contributed by atoms with Gasteiger partial charge in [0.05, 0.1) is 19.8 Å². The quantitative estimate of drug-likeness (QED) is 0.0283.